The van der Waals surface area contributed by atoms with Crippen molar-refractivity contribution in [1.82, 2.24) is 0 Å². The molecule has 0 saturated carbocycles. The second-order valence-corrected chi connectivity index (χ2v) is 2.86. The first kappa shape index (κ1) is 7.98. The van der Waals surface area contributed by atoms with Gasteiger partial charge in [0.25, 0.3) is 0 Å². The minimum absolute atomic E-state index is 0.0721. The summed E-state index contributed by atoms with van der Waals surface area (Å²) < 4.78 is 10.6. The van der Waals surface area contributed by atoms with Crippen LogP contribution in [0.4, 0.5) is 0 Å². The highest BCUT2D eigenvalue weighted by atomic mass is 16.7. The summed E-state index contributed by atoms with van der Waals surface area (Å²) in [5.74, 6) is -0.752. The maximum Gasteiger partial charge on any atom is 0.188 e. The van der Waals surface area contributed by atoms with Gasteiger partial charge in [-0.1, -0.05) is 0 Å². The summed E-state index contributed by atoms with van der Waals surface area (Å²) in [5, 5.41) is 8.82. The molecule has 0 aromatic rings. The van der Waals surface area contributed by atoms with Gasteiger partial charge in [-0.15, -0.1) is 0 Å². The Bertz CT molecular complexity index is 115. The lowest BCUT2D eigenvalue weighted by Crippen LogP contribution is -2.44. The molecule has 1 N–H and O–H groups in total. The van der Waals surface area contributed by atoms with Crippen LogP contribution in [0.2, 0.25) is 0 Å². The van der Waals surface area contributed by atoms with E-state index in [-0.39, 0.29) is 12.7 Å². The van der Waals surface area contributed by atoms with E-state index in [1.807, 2.05) is 6.92 Å². The third-order valence-corrected chi connectivity index (χ3v) is 1.67. The Hall–Kier alpha value is -0.120. The summed E-state index contributed by atoms with van der Waals surface area (Å²) in [5.41, 5.74) is 0. The van der Waals surface area contributed by atoms with Gasteiger partial charge in [0.2, 0.25) is 0 Å². The van der Waals surface area contributed by atoms with Gasteiger partial charge in [0.1, 0.15) is 0 Å². The van der Waals surface area contributed by atoms with E-state index in [1.54, 1.807) is 6.92 Å². The molecule has 1 rings (SSSR count). The lowest BCUT2D eigenvalue weighted by Gasteiger charge is -2.35. The number of hydrogen-bond donors (Lipinski definition) is 1. The van der Waals surface area contributed by atoms with Gasteiger partial charge in [-0.05, 0) is 20.3 Å². The number of hydrogen-bond acceptors (Lipinski definition) is 3. The fourth-order valence-electron chi connectivity index (χ4n) is 1.04. The lowest BCUT2D eigenvalue weighted by atomic mass is 10.2. The fraction of sp³-hybridized carbons (Fsp3) is 1.00. The highest BCUT2D eigenvalue weighted by Crippen LogP contribution is 2.21. The third-order valence-electron chi connectivity index (χ3n) is 1.67. The molecule has 1 aliphatic rings. The van der Waals surface area contributed by atoms with Crippen molar-refractivity contribution in [2.24, 2.45) is 0 Å². The van der Waals surface area contributed by atoms with Crippen molar-refractivity contribution in [2.75, 3.05) is 13.2 Å². The average molecular weight is 146 g/mol. The maximum atomic E-state index is 8.82. The van der Waals surface area contributed by atoms with Gasteiger partial charge in [-0.3, -0.25) is 0 Å². The SMILES string of the molecule is C[C@@H]1CCO[C@@](C)(CO)O1. The summed E-state index contributed by atoms with van der Waals surface area (Å²) in [4.78, 5) is 0. The second kappa shape index (κ2) is 2.86. The van der Waals surface area contributed by atoms with Gasteiger partial charge in [-0.25, -0.2) is 0 Å². The van der Waals surface area contributed by atoms with Gasteiger partial charge in [0, 0.05) is 0 Å². The smallest absolute Gasteiger partial charge is 0.188 e. The molecular weight excluding hydrogens is 132 g/mol. The molecule has 1 saturated heterocycles. The van der Waals surface area contributed by atoms with Crippen LogP contribution in [0.3, 0.4) is 0 Å². The topological polar surface area (TPSA) is 38.7 Å². The molecule has 1 heterocycles. The predicted octanol–water partition coefficient (Wildman–Crippen LogP) is 0.520. The molecule has 0 aromatic carbocycles. The highest BCUT2D eigenvalue weighted by Gasteiger charge is 2.31. The van der Waals surface area contributed by atoms with E-state index in [0.29, 0.717) is 6.61 Å². The van der Waals surface area contributed by atoms with Crippen LogP contribution in [-0.4, -0.2) is 30.2 Å². The number of rotatable bonds is 1. The molecule has 3 heteroatoms. The van der Waals surface area contributed by atoms with Crippen LogP contribution < -0.4 is 0 Å². The van der Waals surface area contributed by atoms with Gasteiger partial charge in [-0.2, -0.15) is 0 Å². The molecule has 2 atom stereocenters. The zero-order valence-corrected chi connectivity index (χ0v) is 6.46. The summed E-state index contributed by atoms with van der Waals surface area (Å²) in [7, 11) is 0. The molecule has 3 nitrogen and oxygen atoms in total. The van der Waals surface area contributed by atoms with Crippen LogP contribution in [0.5, 0.6) is 0 Å². The second-order valence-electron chi connectivity index (χ2n) is 2.86. The summed E-state index contributed by atoms with van der Waals surface area (Å²) in [6, 6.07) is 0. The Morgan fingerprint density at radius 1 is 1.70 bits per heavy atom. The Morgan fingerprint density at radius 3 is 2.80 bits per heavy atom. The van der Waals surface area contributed by atoms with E-state index in [9.17, 15) is 0 Å². The number of ether oxygens (including phenoxy) is 2. The van der Waals surface area contributed by atoms with E-state index in [2.05, 4.69) is 0 Å². The van der Waals surface area contributed by atoms with Crippen molar-refractivity contribution in [3.05, 3.63) is 0 Å². The Kier molecular flexibility index (Phi) is 2.28. The Labute approximate surface area is 60.9 Å². The van der Waals surface area contributed by atoms with Gasteiger partial charge >= 0.3 is 0 Å². The highest BCUT2D eigenvalue weighted by molar-refractivity contribution is 4.68. The molecule has 0 unspecified atom stereocenters. The first-order valence-electron chi connectivity index (χ1n) is 3.59. The molecule has 1 fully saturated rings. The molecule has 60 valence electrons. The van der Waals surface area contributed by atoms with Crippen LogP contribution in [0.15, 0.2) is 0 Å². The fourth-order valence-corrected chi connectivity index (χ4v) is 1.04. The monoisotopic (exact) mass is 146 g/mol. The third kappa shape index (κ3) is 1.68. The van der Waals surface area contributed by atoms with Crippen LogP contribution in [0.25, 0.3) is 0 Å². The molecule has 0 amide bonds. The van der Waals surface area contributed by atoms with Crippen LogP contribution in [0, 0.1) is 0 Å². The average Bonchev–Trinajstić information content (AvgIpc) is 1.88. The number of aliphatic hydroxyl groups excluding tert-OH is 1. The summed E-state index contributed by atoms with van der Waals surface area (Å²) >= 11 is 0. The van der Waals surface area contributed by atoms with Crippen LogP contribution >= 0.6 is 0 Å². The Morgan fingerprint density at radius 2 is 2.40 bits per heavy atom. The van der Waals surface area contributed by atoms with Crippen molar-refractivity contribution in [2.45, 2.75) is 32.2 Å². The van der Waals surface area contributed by atoms with Crippen molar-refractivity contribution in [3.8, 4) is 0 Å². The lowest BCUT2D eigenvalue weighted by molar-refractivity contribution is -0.292. The minimum Gasteiger partial charge on any atom is -0.391 e. The van der Waals surface area contributed by atoms with E-state index < -0.39 is 5.79 Å². The van der Waals surface area contributed by atoms with E-state index >= 15 is 0 Å². The van der Waals surface area contributed by atoms with Gasteiger partial charge in [0.05, 0.1) is 19.3 Å². The van der Waals surface area contributed by atoms with Crippen LogP contribution in [-0.2, 0) is 9.47 Å². The maximum absolute atomic E-state index is 8.82. The zero-order valence-electron chi connectivity index (χ0n) is 6.46. The molecule has 0 radical (unpaired) electrons. The summed E-state index contributed by atoms with van der Waals surface area (Å²) in [6.45, 7) is 4.34. The van der Waals surface area contributed by atoms with E-state index in [0.717, 1.165) is 6.42 Å². The molecular formula is C7H14O3. The molecule has 0 spiro atoms. The standard InChI is InChI=1S/C7H14O3/c1-6-3-4-9-7(2,5-8)10-6/h6,8H,3-5H2,1-2H3/t6-,7-/m1/s1. The van der Waals surface area contributed by atoms with Crippen molar-refractivity contribution < 1.29 is 14.6 Å². The zero-order chi connectivity index (χ0) is 7.61. The molecule has 10 heavy (non-hydrogen) atoms. The predicted molar refractivity (Wildman–Crippen MR) is 36.6 cm³/mol. The van der Waals surface area contributed by atoms with Crippen molar-refractivity contribution in [3.63, 3.8) is 0 Å². The van der Waals surface area contributed by atoms with Crippen molar-refractivity contribution >= 4 is 0 Å². The normalized spacial score (nSPS) is 41.7. The van der Waals surface area contributed by atoms with E-state index in [4.69, 9.17) is 14.6 Å². The van der Waals surface area contributed by atoms with Crippen LogP contribution in [0.1, 0.15) is 20.3 Å². The number of aliphatic hydroxyl groups is 1. The molecule has 1 aliphatic heterocycles. The molecule has 0 aliphatic carbocycles. The first-order valence-corrected chi connectivity index (χ1v) is 3.59. The van der Waals surface area contributed by atoms with E-state index in [1.165, 1.54) is 0 Å². The molecule has 0 bridgehead atoms. The largest absolute Gasteiger partial charge is 0.391 e. The molecule has 0 aromatic heterocycles. The Balaban J connectivity index is 2.45. The van der Waals surface area contributed by atoms with Gasteiger partial charge < -0.3 is 14.6 Å². The van der Waals surface area contributed by atoms with Crippen molar-refractivity contribution in [1.29, 1.82) is 0 Å². The van der Waals surface area contributed by atoms with Gasteiger partial charge in [0.15, 0.2) is 5.79 Å². The minimum atomic E-state index is -0.752. The first-order chi connectivity index (χ1) is 4.66. The summed E-state index contributed by atoms with van der Waals surface area (Å²) in [6.07, 6.45) is 1.11. The quantitative estimate of drug-likeness (QED) is 0.586.